The molecule has 0 bridgehead atoms. The van der Waals surface area contributed by atoms with Crippen LogP contribution in [0.15, 0.2) is 0 Å². The van der Waals surface area contributed by atoms with Crippen LogP contribution in [0.2, 0.25) is 0 Å². The Balaban J connectivity index is -0.00000000500. The Morgan fingerprint density at radius 2 is 1.00 bits per heavy atom. The van der Waals surface area contributed by atoms with Gasteiger partial charge in [0.25, 0.3) is 0 Å². The van der Waals surface area contributed by atoms with Gasteiger partial charge in [-0.25, -0.2) is 0 Å². The van der Waals surface area contributed by atoms with Gasteiger partial charge in [-0.1, -0.05) is 0 Å². The molecule has 0 aliphatic rings. The zero-order valence-corrected chi connectivity index (χ0v) is 5.97. The maximum absolute atomic E-state index is 8.42. The first-order valence-corrected chi connectivity index (χ1v) is 1.94. The van der Waals surface area contributed by atoms with Crippen LogP contribution in [0.5, 0.6) is 0 Å². The van der Waals surface area contributed by atoms with Gasteiger partial charge in [-0.05, 0) is 0 Å². The first-order valence-electron chi connectivity index (χ1n) is 0.289. The maximum atomic E-state index is 8.42. The van der Waals surface area contributed by atoms with E-state index in [9.17, 15) is 0 Å². The minimum atomic E-state index is -0.1000. The van der Waals surface area contributed by atoms with E-state index in [4.69, 9.17) is 2.69 Å². The van der Waals surface area contributed by atoms with Crippen LogP contribution in [-0.2, 0) is 28.5 Å². The van der Waals surface area contributed by atoms with Crippen molar-refractivity contribution in [3.63, 3.8) is 0 Å². The van der Waals surface area contributed by atoms with Crippen LogP contribution in [0.3, 0.4) is 0 Å². The molecule has 0 amide bonds. The van der Waals surface area contributed by atoms with Crippen molar-refractivity contribution in [1.82, 2.24) is 0 Å². The average molecular weight is 168 g/mol. The van der Waals surface area contributed by atoms with Crippen LogP contribution in [0, 0.1) is 0 Å². The predicted molar refractivity (Wildman–Crippen MR) is 5.69 cm³/mol. The van der Waals surface area contributed by atoms with Crippen LogP contribution < -0.4 is 0 Å². The van der Waals surface area contributed by atoms with Gasteiger partial charge in [0, 0.05) is 0 Å². The first kappa shape index (κ1) is 23.5. The molecule has 0 saturated heterocycles. The zero-order valence-electron chi connectivity index (χ0n) is 1.93. The van der Waals surface area contributed by atoms with E-state index in [0.717, 1.165) is 0 Å². The third-order valence-corrected chi connectivity index (χ3v) is 0. The summed E-state index contributed by atoms with van der Waals surface area (Å²) in [5, 5.41) is 0. The van der Waals surface area contributed by atoms with Gasteiger partial charge >= 0.3 is 28.5 Å². The van der Waals surface area contributed by atoms with Gasteiger partial charge in [-0.2, -0.15) is 0 Å². The normalized spacial score (nSPS) is 1.50. The fraction of sp³-hybridized carbons (Fsp3) is 0. The molecule has 0 radical (unpaired) electrons. The Morgan fingerprint density at radius 1 is 1.00 bits per heavy atom. The van der Waals surface area contributed by atoms with Crippen molar-refractivity contribution in [2.45, 2.75) is 0 Å². The van der Waals surface area contributed by atoms with E-state index in [1.54, 1.807) is 0 Å². The van der Waals surface area contributed by atoms with E-state index in [1.807, 2.05) is 0 Å². The molecule has 0 atom stereocenters. The van der Waals surface area contributed by atoms with E-state index in [-0.39, 0.29) is 35.2 Å². The van der Waals surface area contributed by atoms with Crippen LogP contribution in [0.1, 0.15) is 0 Å². The molecule has 0 rings (SSSR count). The zero-order chi connectivity index (χ0) is 2.00. The molecular weight excluding hydrogens is 166 g/mol. The molecule has 0 spiro atoms. The molecule has 4 heavy (non-hydrogen) atoms. The van der Waals surface area contributed by atoms with Crippen molar-refractivity contribution in [3.05, 3.63) is 0 Å². The van der Waals surface area contributed by atoms with Gasteiger partial charge in [0.05, 0.1) is 0 Å². The Hall–Kier alpha value is 0.582. The molecule has 0 heterocycles. The van der Waals surface area contributed by atoms with Crippen LogP contribution in [0.25, 0.3) is 0 Å². The van der Waals surface area contributed by atoms with Gasteiger partial charge in [-0.15, -0.1) is 0 Å². The standard InChI is InChI=1S/Cd.2FH.O/h;2*1H;. The van der Waals surface area contributed by atoms with Crippen molar-refractivity contribution in [1.29, 1.82) is 0 Å². The molecule has 0 aliphatic heterocycles. The summed E-state index contributed by atoms with van der Waals surface area (Å²) in [5.74, 6) is 0. The predicted octanol–water partition coefficient (Wildman–Crippen LogP) is 0.184. The Bertz CT molecular complexity index is 6.00. The van der Waals surface area contributed by atoms with Crippen molar-refractivity contribution in [2.24, 2.45) is 0 Å². The molecule has 0 N–H and O–H groups in total. The number of hydrogen-bond donors (Lipinski definition) is 0. The summed E-state index contributed by atoms with van der Waals surface area (Å²) in [7, 11) is 0. The molecule has 0 saturated carbocycles. The average Bonchev–Trinajstić information content (AvgIpc) is 1.00. The summed E-state index contributed by atoms with van der Waals surface area (Å²) >= 11 is -0.1000. The summed E-state index contributed by atoms with van der Waals surface area (Å²) in [6.07, 6.45) is 0. The third kappa shape index (κ3) is 19.1. The molecule has 0 aromatic rings. The van der Waals surface area contributed by atoms with Crippen LogP contribution >= 0.6 is 0 Å². The van der Waals surface area contributed by atoms with Crippen LogP contribution in [-0.4, -0.2) is 0 Å². The van der Waals surface area contributed by atoms with Crippen molar-refractivity contribution >= 4 is 0 Å². The van der Waals surface area contributed by atoms with E-state index in [1.165, 1.54) is 0 Å². The summed E-state index contributed by atoms with van der Waals surface area (Å²) in [4.78, 5) is 0. The van der Waals surface area contributed by atoms with Crippen LogP contribution in [0.4, 0.5) is 9.41 Å². The summed E-state index contributed by atoms with van der Waals surface area (Å²) in [6.45, 7) is 0. The Labute approximate surface area is 38.3 Å². The molecule has 0 aromatic carbocycles. The molecular formula is H2CdF2O. The topological polar surface area (TPSA) is 17.1 Å². The SMILES string of the molecule is F.F.[O]=[Cd]. The van der Waals surface area contributed by atoms with Gasteiger partial charge < -0.3 is 0 Å². The molecule has 0 aromatic heterocycles. The monoisotopic (exact) mass is 170 g/mol. The van der Waals surface area contributed by atoms with Gasteiger partial charge in [0.2, 0.25) is 0 Å². The van der Waals surface area contributed by atoms with E-state index < -0.39 is 0 Å². The van der Waals surface area contributed by atoms with Crippen molar-refractivity contribution in [2.75, 3.05) is 0 Å². The van der Waals surface area contributed by atoms with Gasteiger partial charge in [-0.3, -0.25) is 9.41 Å². The Kier molecular flexibility index (Phi) is 414. The van der Waals surface area contributed by atoms with E-state index in [0.29, 0.717) is 0 Å². The summed E-state index contributed by atoms with van der Waals surface area (Å²) < 4.78 is 8.42. The summed E-state index contributed by atoms with van der Waals surface area (Å²) in [6, 6.07) is 0. The second kappa shape index (κ2) is 70.5. The quantitative estimate of drug-likeness (QED) is 0.472. The molecule has 0 unspecified atom stereocenters. The second-order valence-corrected chi connectivity index (χ2v) is 0. The second-order valence-electron chi connectivity index (χ2n) is 0. The fourth-order valence-electron chi connectivity index (χ4n) is 0. The molecule has 1 nitrogen and oxygen atoms in total. The van der Waals surface area contributed by atoms with E-state index >= 15 is 0 Å². The third-order valence-electron chi connectivity index (χ3n) is 0. The molecule has 0 aliphatic carbocycles. The van der Waals surface area contributed by atoms with Gasteiger partial charge in [0.15, 0.2) is 0 Å². The number of halogens is 2. The fourth-order valence-corrected chi connectivity index (χ4v) is 0. The van der Waals surface area contributed by atoms with Crippen molar-refractivity contribution < 1.29 is 37.9 Å². The number of rotatable bonds is 0. The molecule has 4 heteroatoms. The number of hydrogen-bond acceptors (Lipinski definition) is 1. The summed E-state index contributed by atoms with van der Waals surface area (Å²) in [5.41, 5.74) is 0. The molecule has 0 fully saturated rings. The minimum absolute atomic E-state index is 0. The van der Waals surface area contributed by atoms with Crippen molar-refractivity contribution in [3.8, 4) is 0 Å². The van der Waals surface area contributed by atoms with Gasteiger partial charge in [0.1, 0.15) is 0 Å². The first-order chi connectivity index (χ1) is 1.00. The van der Waals surface area contributed by atoms with E-state index in [2.05, 4.69) is 0 Å². The molecule has 24 valence electrons. The Morgan fingerprint density at radius 3 is 1.00 bits per heavy atom.